The molecule has 0 saturated heterocycles. The monoisotopic (exact) mass is 310 g/mol. The summed E-state index contributed by atoms with van der Waals surface area (Å²) in [6.45, 7) is -0.247. The molecule has 2 heterocycles. The van der Waals surface area contributed by atoms with E-state index in [0.717, 1.165) is 12.1 Å². The van der Waals surface area contributed by atoms with Crippen LogP contribution in [0.5, 0.6) is 0 Å². The molecule has 0 aliphatic rings. The highest BCUT2D eigenvalue weighted by atomic mass is 19.4. The Morgan fingerprint density at radius 2 is 1.91 bits per heavy atom. The van der Waals surface area contributed by atoms with Crippen molar-refractivity contribution in [2.45, 2.75) is 12.7 Å². The number of nitrogens with zero attached hydrogens (tertiary/aromatic N) is 1. The maximum absolute atomic E-state index is 13.0. The van der Waals surface area contributed by atoms with E-state index in [9.17, 15) is 22.8 Å². The van der Waals surface area contributed by atoms with Gasteiger partial charge in [0.05, 0.1) is 29.3 Å². The number of fused-ring (bicyclic) bond motifs is 1. The number of furan rings is 1. The van der Waals surface area contributed by atoms with E-state index in [-0.39, 0.29) is 17.8 Å². The molecule has 0 fully saturated rings. The van der Waals surface area contributed by atoms with Crippen molar-refractivity contribution in [3.8, 4) is 0 Å². The summed E-state index contributed by atoms with van der Waals surface area (Å²) in [5.41, 5.74) is -3.05. The molecule has 8 heteroatoms. The first-order chi connectivity index (χ1) is 10.4. The molecule has 5 nitrogen and oxygen atoms in total. The van der Waals surface area contributed by atoms with Crippen molar-refractivity contribution in [1.29, 1.82) is 0 Å². The molecule has 0 saturated carbocycles. The summed E-state index contributed by atoms with van der Waals surface area (Å²) in [6, 6.07) is 6.27. The van der Waals surface area contributed by atoms with Gasteiger partial charge >= 0.3 is 11.9 Å². The van der Waals surface area contributed by atoms with E-state index in [2.05, 4.69) is 4.98 Å². The molecule has 3 aromatic rings. The Bertz CT molecular complexity index is 937. The molecular weight excluding hydrogens is 301 g/mol. The summed E-state index contributed by atoms with van der Waals surface area (Å²) >= 11 is 0. The Morgan fingerprint density at radius 3 is 2.55 bits per heavy atom. The van der Waals surface area contributed by atoms with Crippen LogP contribution in [0.25, 0.3) is 10.9 Å². The quantitative estimate of drug-likeness (QED) is 0.790. The molecule has 22 heavy (non-hydrogen) atoms. The van der Waals surface area contributed by atoms with Crippen molar-refractivity contribution >= 4 is 10.9 Å². The van der Waals surface area contributed by atoms with Gasteiger partial charge in [0.1, 0.15) is 5.76 Å². The van der Waals surface area contributed by atoms with E-state index in [4.69, 9.17) is 4.42 Å². The van der Waals surface area contributed by atoms with Crippen LogP contribution < -0.4 is 11.2 Å². The molecule has 0 atom stereocenters. The van der Waals surface area contributed by atoms with Crippen LogP contribution >= 0.6 is 0 Å². The molecule has 114 valence electrons. The molecular formula is C14H9F3N2O3. The van der Waals surface area contributed by atoms with E-state index in [1.165, 1.54) is 18.4 Å². The van der Waals surface area contributed by atoms with Gasteiger partial charge < -0.3 is 9.40 Å². The Morgan fingerprint density at radius 1 is 1.14 bits per heavy atom. The summed E-state index contributed by atoms with van der Waals surface area (Å²) in [5.74, 6) is 0.288. The SMILES string of the molecule is O=c1[nH]c2cccc(C(F)(F)F)c2c(=O)n1Cc1ccco1. The van der Waals surface area contributed by atoms with E-state index in [1.807, 2.05) is 0 Å². The number of alkyl halides is 3. The van der Waals surface area contributed by atoms with Crippen LogP contribution in [-0.4, -0.2) is 9.55 Å². The number of benzene rings is 1. The van der Waals surface area contributed by atoms with Crippen LogP contribution in [0.3, 0.4) is 0 Å². The molecule has 0 amide bonds. The fraction of sp³-hybridized carbons (Fsp3) is 0.143. The topological polar surface area (TPSA) is 68.0 Å². The van der Waals surface area contributed by atoms with Gasteiger partial charge in [-0.05, 0) is 24.3 Å². The maximum Gasteiger partial charge on any atom is 0.417 e. The van der Waals surface area contributed by atoms with Crippen LogP contribution in [0.2, 0.25) is 0 Å². The highest BCUT2D eigenvalue weighted by molar-refractivity contribution is 5.81. The fourth-order valence-corrected chi connectivity index (χ4v) is 2.23. The van der Waals surface area contributed by atoms with E-state index in [0.29, 0.717) is 4.57 Å². The number of nitrogens with one attached hydrogen (secondary N) is 1. The summed E-state index contributed by atoms with van der Waals surface area (Å²) in [5, 5.41) is -0.568. The Balaban J connectivity index is 2.31. The zero-order chi connectivity index (χ0) is 15.9. The van der Waals surface area contributed by atoms with Crippen molar-refractivity contribution < 1.29 is 17.6 Å². The molecule has 0 radical (unpaired) electrons. The Hall–Kier alpha value is -2.77. The lowest BCUT2D eigenvalue weighted by atomic mass is 10.1. The van der Waals surface area contributed by atoms with Gasteiger partial charge in [-0.1, -0.05) is 6.07 Å². The summed E-state index contributed by atoms with van der Waals surface area (Å²) in [4.78, 5) is 26.6. The lowest BCUT2D eigenvalue weighted by molar-refractivity contribution is -0.136. The average molecular weight is 310 g/mol. The van der Waals surface area contributed by atoms with Crippen molar-refractivity contribution in [3.05, 3.63) is 68.8 Å². The first kappa shape index (κ1) is 14.2. The van der Waals surface area contributed by atoms with Crippen LogP contribution in [-0.2, 0) is 12.7 Å². The zero-order valence-electron chi connectivity index (χ0n) is 11.0. The average Bonchev–Trinajstić information content (AvgIpc) is 2.94. The van der Waals surface area contributed by atoms with Gasteiger partial charge in [-0.3, -0.25) is 9.36 Å². The second-order valence-electron chi connectivity index (χ2n) is 4.63. The van der Waals surface area contributed by atoms with Crippen molar-refractivity contribution in [3.63, 3.8) is 0 Å². The van der Waals surface area contributed by atoms with Crippen LogP contribution in [0.15, 0.2) is 50.6 Å². The molecule has 0 bridgehead atoms. The minimum atomic E-state index is -4.70. The Kier molecular flexibility index (Phi) is 3.16. The Labute approximate surface area is 120 Å². The minimum absolute atomic E-state index is 0.152. The normalized spacial score (nSPS) is 12.0. The van der Waals surface area contributed by atoms with Crippen LogP contribution in [0.1, 0.15) is 11.3 Å². The van der Waals surface area contributed by atoms with Gasteiger partial charge in [0.25, 0.3) is 5.56 Å². The minimum Gasteiger partial charge on any atom is -0.467 e. The van der Waals surface area contributed by atoms with E-state index < -0.39 is 28.4 Å². The first-order valence-corrected chi connectivity index (χ1v) is 6.23. The predicted molar refractivity (Wildman–Crippen MR) is 71.6 cm³/mol. The number of hydrogen-bond acceptors (Lipinski definition) is 3. The molecule has 0 unspecified atom stereocenters. The predicted octanol–water partition coefficient (Wildman–Crippen LogP) is 2.35. The maximum atomic E-state index is 13.0. The number of halogens is 3. The highest BCUT2D eigenvalue weighted by Crippen LogP contribution is 2.32. The first-order valence-electron chi connectivity index (χ1n) is 6.23. The van der Waals surface area contributed by atoms with Crippen molar-refractivity contribution in [1.82, 2.24) is 9.55 Å². The largest absolute Gasteiger partial charge is 0.467 e. The molecule has 1 N–H and O–H groups in total. The zero-order valence-corrected chi connectivity index (χ0v) is 11.0. The van der Waals surface area contributed by atoms with Crippen LogP contribution in [0, 0.1) is 0 Å². The summed E-state index contributed by atoms with van der Waals surface area (Å²) < 4.78 is 44.8. The van der Waals surface area contributed by atoms with Gasteiger partial charge in [0.2, 0.25) is 0 Å². The number of H-pyrrole nitrogens is 1. The third-order valence-corrected chi connectivity index (χ3v) is 3.21. The standard InChI is InChI=1S/C14H9F3N2O3/c15-14(16,17)9-4-1-5-10-11(9)12(20)19(13(21)18-10)7-8-3-2-6-22-8/h1-6H,7H2,(H,18,21). The number of aromatic nitrogens is 2. The second kappa shape index (κ2) is 4.90. The van der Waals surface area contributed by atoms with Gasteiger partial charge in [-0.25, -0.2) is 4.79 Å². The van der Waals surface area contributed by atoms with Crippen LogP contribution in [0.4, 0.5) is 13.2 Å². The smallest absolute Gasteiger partial charge is 0.417 e. The van der Waals surface area contributed by atoms with E-state index >= 15 is 0 Å². The lowest BCUT2D eigenvalue weighted by Gasteiger charge is -2.11. The third-order valence-electron chi connectivity index (χ3n) is 3.21. The molecule has 2 aromatic heterocycles. The molecule has 1 aromatic carbocycles. The number of hydrogen-bond donors (Lipinski definition) is 1. The summed E-state index contributed by atoms with van der Waals surface area (Å²) in [7, 11) is 0. The lowest BCUT2D eigenvalue weighted by Crippen LogP contribution is -2.36. The highest BCUT2D eigenvalue weighted by Gasteiger charge is 2.34. The van der Waals surface area contributed by atoms with Crippen molar-refractivity contribution in [2.24, 2.45) is 0 Å². The van der Waals surface area contributed by atoms with Gasteiger partial charge in [0, 0.05) is 0 Å². The molecule has 0 aliphatic carbocycles. The molecule has 0 aliphatic heterocycles. The van der Waals surface area contributed by atoms with Crippen molar-refractivity contribution in [2.75, 3.05) is 0 Å². The number of aromatic amines is 1. The molecule has 3 rings (SSSR count). The molecule has 0 spiro atoms. The fourth-order valence-electron chi connectivity index (χ4n) is 2.23. The van der Waals surface area contributed by atoms with Gasteiger partial charge in [-0.15, -0.1) is 0 Å². The summed E-state index contributed by atoms with van der Waals surface area (Å²) in [6.07, 6.45) is -3.35. The third kappa shape index (κ3) is 2.32. The number of rotatable bonds is 2. The van der Waals surface area contributed by atoms with E-state index in [1.54, 1.807) is 6.07 Å². The van der Waals surface area contributed by atoms with Gasteiger partial charge in [-0.2, -0.15) is 13.2 Å². The second-order valence-corrected chi connectivity index (χ2v) is 4.63. The van der Waals surface area contributed by atoms with Gasteiger partial charge in [0.15, 0.2) is 0 Å².